The number of aliphatic hydroxyl groups excluding tert-OH is 1. The first kappa shape index (κ1) is 15.5. The number of hydrogen-bond donors (Lipinski definition) is 2. The Morgan fingerprint density at radius 1 is 1.15 bits per heavy atom. The van der Waals surface area contributed by atoms with E-state index in [1.54, 1.807) is 0 Å². The van der Waals surface area contributed by atoms with E-state index in [1.165, 1.54) is 24.0 Å². The Hall–Kier alpha value is -0.860. The molecule has 2 unspecified atom stereocenters. The molecule has 2 rings (SSSR count). The van der Waals surface area contributed by atoms with Crippen LogP contribution in [0.5, 0.6) is 0 Å². The Kier molecular flexibility index (Phi) is 5.22. The van der Waals surface area contributed by atoms with E-state index in [0.717, 1.165) is 25.9 Å². The zero-order valence-electron chi connectivity index (χ0n) is 13.2. The first-order valence-corrected chi connectivity index (χ1v) is 7.93. The van der Waals surface area contributed by atoms with Crippen molar-refractivity contribution in [2.45, 2.75) is 64.5 Å². The molecule has 0 bridgehead atoms. The predicted octanol–water partition coefficient (Wildman–Crippen LogP) is 3.62. The van der Waals surface area contributed by atoms with Crippen molar-refractivity contribution in [3.8, 4) is 0 Å². The van der Waals surface area contributed by atoms with Crippen molar-refractivity contribution in [2.24, 2.45) is 5.92 Å². The SMILES string of the molecule is CC(C)(C)c1ccc(CNCC2CCCC(O)C2)cc1. The number of aliphatic hydroxyl groups is 1. The Bertz CT molecular complexity index is 404. The second kappa shape index (κ2) is 6.73. The lowest BCUT2D eigenvalue weighted by atomic mass is 9.86. The molecule has 1 aromatic carbocycles. The van der Waals surface area contributed by atoms with Crippen molar-refractivity contribution in [2.75, 3.05) is 6.54 Å². The fraction of sp³-hybridized carbons (Fsp3) is 0.667. The van der Waals surface area contributed by atoms with E-state index in [1.807, 2.05) is 0 Å². The van der Waals surface area contributed by atoms with Gasteiger partial charge in [-0.2, -0.15) is 0 Å². The van der Waals surface area contributed by atoms with Crippen LogP contribution < -0.4 is 5.32 Å². The molecule has 20 heavy (non-hydrogen) atoms. The maximum Gasteiger partial charge on any atom is 0.0543 e. The number of nitrogens with one attached hydrogen (secondary N) is 1. The fourth-order valence-electron chi connectivity index (χ4n) is 2.99. The molecule has 2 nitrogen and oxygen atoms in total. The van der Waals surface area contributed by atoms with Gasteiger partial charge in [0.25, 0.3) is 0 Å². The van der Waals surface area contributed by atoms with Crippen molar-refractivity contribution < 1.29 is 5.11 Å². The first-order valence-electron chi connectivity index (χ1n) is 7.93. The molecule has 112 valence electrons. The van der Waals surface area contributed by atoms with Crippen LogP contribution >= 0.6 is 0 Å². The largest absolute Gasteiger partial charge is 0.393 e. The fourth-order valence-corrected chi connectivity index (χ4v) is 2.99. The third-order valence-electron chi connectivity index (χ3n) is 4.34. The van der Waals surface area contributed by atoms with Crippen LogP contribution in [0.3, 0.4) is 0 Å². The summed E-state index contributed by atoms with van der Waals surface area (Å²) in [6.45, 7) is 8.69. The van der Waals surface area contributed by atoms with Crippen LogP contribution in [0.2, 0.25) is 0 Å². The third-order valence-corrected chi connectivity index (χ3v) is 4.34. The lowest BCUT2D eigenvalue weighted by molar-refractivity contribution is 0.101. The monoisotopic (exact) mass is 275 g/mol. The Labute approximate surface area is 123 Å². The summed E-state index contributed by atoms with van der Waals surface area (Å²) in [5, 5.41) is 13.2. The quantitative estimate of drug-likeness (QED) is 0.879. The molecule has 2 atom stereocenters. The van der Waals surface area contributed by atoms with Gasteiger partial charge >= 0.3 is 0 Å². The molecule has 1 aliphatic carbocycles. The predicted molar refractivity (Wildman–Crippen MR) is 84.8 cm³/mol. The van der Waals surface area contributed by atoms with Crippen LogP contribution in [0.4, 0.5) is 0 Å². The molecule has 1 saturated carbocycles. The number of benzene rings is 1. The summed E-state index contributed by atoms with van der Waals surface area (Å²) >= 11 is 0. The van der Waals surface area contributed by atoms with E-state index in [-0.39, 0.29) is 11.5 Å². The van der Waals surface area contributed by atoms with Gasteiger partial charge in [0.15, 0.2) is 0 Å². The van der Waals surface area contributed by atoms with Gasteiger partial charge in [-0.15, -0.1) is 0 Å². The Morgan fingerprint density at radius 2 is 1.85 bits per heavy atom. The summed E-state index contributed by atoms with van der Waals surface area (Å²) in [7, 11) is 0. The van der Waals surface area contributed by atoms with E-state index < -0.39 is 0 Å². The molecule has 0 heterocycles. The highest BCUT2D eigenvalue weighted by molar-refractivity contribution is 5.27. The molecule has 2 N–H and O–H groups in total. The van der Waals surface area contributed by atoms with Gasteiger partial charge in [-0.25, -0.2) is 0 Å². The smallest absolute Gasteiger partial charge is 0.0543 e. The van der Waals surface area contributed by atoms with Crippen LogP contribution in [0.1, 0.15) is 57.6 Å². The van der Waals surface area contributed by atoms with E-state index in [0.29, 0.717) is 5.92 Å². The van der Waals surface area contributed by atoms with Crippen LogP contribution in [0, 0.1) is 5.92 Å². The third kappa shape index (κ3) is 4.60. The van der Waals surface area contributed by atoms with Crippen LogP contribution in [-0.4, -0.2) is 17.8 Å². The summed E-state index contributed by atoms with van der Waals surface area (Å²) < 4.78 is 0. The van der Waals surface area contributed by atoms with Gasteiger partial charge < -0.3 is 10.4 Å². The average molecular weight is 275 g/mol. The average Bonchev–Trinajstić information content (AvgIpc) is 2.38. The molecule has 0 saturated heterocycles. The van der Waals surface area contributed by atoms with Gasteiger partial charge in [0.2, 0.25) is 0 Å². The molecular formula is C18H29NO. The molecule has 1 aromatic rings. The maximum absolute atomic E-state index is 9.67. The molecule has 0 spiro atoms. The zero-order chi connectivity index (χ0) is 14.6. The van der Waals surface area contributed by atoms with Crippen LogP contribution in [-0.2, 0) is 12.0 Å². The summed E-state index contributed by atoms with van der Waals surface area (Å²) in [5.74, 6) is 0.646. The topological polar surface area (TPSA) is 32.3 Å². The summed E-state index contributed by atoms with van der Waals surface area (Å²) in [6.07, 6.45) is 4.32. The van der Waals surface area contributed by atoms with Gasteiger partial charge in [0.1, 0.15) is 0 Å². The van der Waals surface area contributed by atoms with Gasteiger partial charge in [-0.1, -0.05) is 51.5 Å². The molecule has 1 fully saturated rings. The highest BCUT2D eigenvalue weighted by Gasteiger charge is 2.19. The standard InChI is InChI=1S/C18H29NO/c1-18(2,3)16-9-7-14(8-10-16)12-19-13-15-5-4-6-17(20)11-15/h7-10,15,17,19-20H,4-6,11-13H2,1-3H3. The maximum atomic E-state index is 9.67. The molecule has 0 aromatic heterocycles. The lowest BCUT2D eigenvalue weighted by Crippen LogP contribution is -2.28. The minimum Gasteiger partial charge on any atom is -0.393 e. The second-order valence-corrected chi connectivity index (χ2v) is 7.26. The first-order chi connectivity index (χ1) is 9.45. The van der Waals surface area contributed by atoms with E-state index in [9.17, 15) is 5.11 Å². The van der Waals surface area contributed by atoms with E-state index in [4.69, 9.17) is 0 Å². The van der Waals surface area contributed by atoms with Crippen molar-refractivity contribution in [1.82, 2.24) is 5.32 Å². The van der Waals surface area contributed by atoms with Crippen molar-refractivity contribution in [3.05, 3.63) is 35.4 Å². The van der Waals surface area contributed by atoms with E-state index in [2.05, 4.69) is 50.4 Å². The molecule has 0 amide bonds. The second-order valence-electron chi connectivity index (χ2n) is 7.26. The lowest BCUT2D eigenvalue weighted by Gasteiger charge is -2.26. The Balaban J connectivity index is 1.77. The molecule has 0 radical (unpaired) electrons. The van der Waals surface area contributed by atoms with Crippen molar-refractivity contribution in [1.29, 1.82) is 0 Å². The van der Waals surface area contributed by atoms with E-state index >= 15 is 0 Å². The number of rotatable bonds is 4. The molecule has 2 heteroatoms. The molecular weight excluding hydrogens is 246 g/mol. The van der Waals surface area contributed by atoms with Crippen molar-refractivity contribution >= 4 is 0 Å². The van der Waals surface area contributed by atoms with Gasteiger partial charge in [-0.05, 0) is 48.3 Å². The molecule has 1 aliphatic rings. The molecule has 0 aliphatic heterocycles. The van der Waals surface area contributed by atoms with Crippen LogP contribution in [0.25, 0.3) is 0 Å². The van der Waals surface area contributed by atoms with Gasteiger partial charge in [-0.3, -0.25) is 0 Å². The van der Waals surface area contributed by atoms with Gasteiger partial charge in [0.05, 0.1) is 6.10 Å². The summed E-state index contributed by atoms with van der Waals surface area (Å²) in [6, 6.07) is 8.93. The summed E-state index contributed by atoms with van der Waals surface area (Å²) in [4.78, 5) is 0. The zero-order valence-corrected chi connectivity index (χ0v) is 13.2. The van der Waals surface area contributed by atoms with Gasteiger partial charge in [0, 0.05) is 6.54 Å². The normalized spacial score (nSPS) is 23.8. The minimum absolute atomic E-state index is 0.0679. The summed E-state index contributed by atoms with van der Waals surface area (Å²) in [5.41, 5.74) is 2.95. The highest BCUT2D eigenvalue weighted by atomic mass is 16.3. The van der Waals surface area contributed by atoms with Crippen LogP contribution in [0.15, 0.2) is 24.3 Å². The minimum atomic E-state index is -0.0679. The number of hydrogen-bond acceptors (Lipinski definition) is 2. The highest BCUT2D eigenvalue weighted by Crippen LogP contribution is 2.24. The van der Waals surface area contributed by atoms with Crippen molar-refractivity contribution in [3.63, 3.8) is 0 Å². The Morgan fingerprint density at radius 3 is 2.45 bits per heavy atom.